The van der Waals surface area contributed by atoms with E-state index >= 15 is 0 Å². The Balaban J connectivity index is 2.40. The lowest BCUT2D eigenvalue weighted by molar-refractivity contribution is 0.141. The van der Waals surface area contributed by atoms with Gasteiger partial charge in [-0.25, -0.2) is 0 Å². The van der Waals surface area contributed by atoms with Crippen molar-refractivity contribution < 1.29 is 4.74 Å². The van der Waals surface area contributed by atoms with E-state index in [1.54, 1.807) is 12.4 Å². The smallest absolute Gasteiger partial charge is 0.0738 e. The van der Waals surface area contributed by atoms with Crippen molar-refractivity contribution >= 4 is 11.4 Å². The molecule has 0 unspecified atom stereocenters. The van der Waals surface area contributed by atoms with Gasteiger partial charge in [-0.2, -0.15) is 0 Å². The van der Waals surface area contributed by atoms with Crippen LogP contribution in [0.25, 0.3) is 0 Å². The van der Waals surface area contributed by atoms with E-state index in [1.807, 2.05) is 13.1 Å². The predicted octanol–water partition coefficient (Wildman–Crippen LogP) is 1.53. The quantitative estimate of drug-likeness (QED) is 0.722. The van der Waals surface area contributed by atoms with E-state index in [2.05, 4.69) is 16.8 Å². The number of nitrogens with two attached hydrogens (primary N) is 1. The molecule has 1 aromatic rings. The molecule has 0 atom stereocenters. The van der Waals surface area contributed by atoms with Gasteiger partial charge in [-0.15, -0.1) is 0 Å². The molecule has 0 aliphatic carbocycles. The third-order valence-electron chi connectivity index (χ3n) is 2.16. The van der Waals surface area contributed by atoms with Gasteiger partial charge in [0.05, 0.1) is 24.2 Å². The number of nitrogen functional groups attached to an aromatic ring is 1. The van der Waals surface area contributed by atoms with Crippen molar-refractivity contribution in [1.29, 1.82) is 0 Å². The Morgan fingerprint density at radius 2 is 2.27 bits per heavy atom. The molecule has 1 rings (SSSR count). The Kier molecular flexibility index (Phi) is 4.90. The summed E-state index contributed by atoms with van der Waals surface area (Å²) in [5.74, 6) is 0. The first kappa shape index (κ1) is 11.8. The van der Waals surface area contributed by atoms with Crippen molar-refractivity contribution in [1.82, 2.24) is 4.98 Å². The average molecular weight is 209 g/mol. The fourth-order valence-corrected chi connectivity index (χ4v) is 1.32. The van der Waals surface area contributed by atoms with Crippen molar-refractivity contribution in [2.45, 2.75) is 13.3 Å². The topological polar surface area (TPSA) is 51.4 Å². The summed E-state index contributed by atoms with van der Waals surface area (Å²) < 4.78 is 5.42. The Hall–Kier alpha value is -1.29. The maximum Gasteiger partial charge on any atom is 0.0738 e. The molecule has 1 aromatic heterocycles. The molecule has 0 aliphatic heterocycles. The average Bonchev–Trinajstić information content (AvgIpc) is 2.25. The van der Waals surface area contributed by atoms with Crippen molar-refractivity contribution in [3.63, 3.8) is 0 Å². The predicted molar refractivity (Wildman–Crippen MR) is 63.0 cm³/mol. The normalized spacial score (nSPS) is 10.3. The molecule has 84 valence electrons. The van der Waals surface area contributed by atoms with Crippen LogP contribution in [-0.2, 0) is 4.74 Å². The molecule has 0 fully saturated rings. The lowest BCUT2D eigenvalue weighted by Crippen LogP contribution is -2.23. The minimum atomic E-state index is 0.704. The van der Waals surface area contributed by atoms with Gasteiger partial charge in [-0.3, -0.25) is 4.98 Å². The number of ether oxygens (including phenoxy) is 1. The molecule has 0 aromatic carbocycles. The van der Waals surface area contributed by atoms with Gasteiger partial charge in [-0.1, -0.05) is 6.92 Å². The van der Waals surface area contributed by atoms with Gasteiger partial charge in [0.25, 0.3) is 0 Å². The number of aromatic nitrogens is 1. The Morgan fingerprint density at radius 3 is 2.93 bits per heavy atom. The molecule has 0 saturated carbocycles. The zero-order valence-corrected chi connectivity index (χ0v) is 9.44. The van der Waals surface area contributed by atoms with Gasteiger partial charge in [0, 0.05) is 26.4 Å². The Bertz CT molecular complexity index is 291. The number of likely N-dealkylation sites (N-methyl/N-ethyl adjacent to an activating group) is 1. The SMILES string of the molecule is CCCOCCN(C)c1ccncc1N. The number of hydrogen-bond acceptors (Lipinski definition) is 4. The molecule has 0 saturated heterocycles. The highest BCUT2D eigenvalue weighted by Gasteiger charge is 2.03. The van der Waals surface area contributed by atoms with Crippen molar-refractivity contribution in [2.75, 3.05) is 37.4 Å². The van der Waals surface area contributed by atoms with Crippen LogP contribution in [-0.4, -0.2) is 31.8 Å². The molecule has 0 spiro atoms. The summed E-state index contributed by atoms with van der Waals surface area (Å²) in [5, 5.41) is 0. The second kappa shape index (κ2) is 6.24. The van der Waals surface area contributed by atoms with E-state index in [4.69, 9.17) is 10.5 Å². The van der Waals surface area contributed by atoms with Crippen molar-refractivity contribution in [3.05, 3.63) is 18.5 Å². The monoisotopic (exact) mass is 209 g/mol. The van der Waals surface area contributed by atoms with Crippen molar-refractivity contribution in [2.24, 2.45) is 0 Å². The molecule has 4 nitrogen and oxygen atoms in total. The fourth-order valence-electron chi connectivity index (χ4n) is 1.32. The standard InChI is InChI=1S/C11H19N3O/c1-3-7-15-8-6-14(2)11-4-5-13-9-10(11)12/h4-5,9H,3,6-8,12H2,1-2H3. The van der Waals surface area contributed by atoms with Crippen LogP contribution < -0.4 is 10.6 Å². The number of anilines is 2. The van der Waals surface area contributed by atoms with Crippen LogP contribution in [0.4, 0.5) is 11.4 Å². The van der Waals surface area contributed by atoms with Gasteiger partial charge < -0.3 is 15.4 Å². The molecular weight excluding hydrogens is 190 g/mol. The third kappa shape index (κ3) is 3.75. The van der Waals surface area contributed by atoms with Gasteiger partial charge in [0.1, 0.15) is 0 Å². The summed E-state index contributed by atoms with van der Waals surface area (Å²) >= 11 is 0. The van der Waals surface area contributed by atoms with Gasteiger partial charge in [0.15, 0.2) is 0 Å². The van der Waals surface area contributed by atoms with Gasteiger partial charge >= 0.3 is 0 Å². The highest BCUT2D eigenvalue weighted by atomic mass is 16.5. The lowest BCUT2D eigenvalue weighted by atomic mass is 10.3. The number of pyridine rings is 1. The van der Waals surface area contributed by atoms with Crippen LogP contribution in [0.3, 0.4) is 0 Å². The summed E-state index contributed by atoms with van der Waals surface area (Å²) in [5.41, 5.74) is 7.52. The molecule has 0 radical (unpaired) electrons. The van der Waals surface area contributed by atoms with Crippen molar-refractivity contribution in [3.8, 4) is 0 Å². The van der Waals surface area contributed by atoms with Crippen LogP contribution >= 0.6 is 0 Å². The maximum atomic E-state index is 5.81. The second-order valence-electron chi connectivity index (χ2n) is 3.47. The van der Waals surface area contributed by atoms with E-state index in [1.165, 1.54) is 0 Å². The Morgan fingerprint density at radius 1 is 1.47 bits per heavy atom. The summed E-state index contributed by atoms with van der Waals surface area (Å²) in [6.45, 7) is 4.49. The molecule has 1 heterocycles. The zero-order chi connectivity index (χ0) is 11.1. The molecule has 0 aliphatic rings. The van der Waals surface area contributed by atoms with Gasteiger partial charge in [0.2, 0.25) is 0 Å². The second-order valence-corrected chi connectivity index (χ2v) is 3.47. The van der Waals surface area contributed by atoms with Crippen LogP contribution in [0.1, 0.15) is 13.3 Å². The zero-order valence-electron chi connectivity index (χ0n) is 9.44. The number of nitrogens with zero attached hydrogens (tertiary/aromatic N) is 2. The van der Waals surface area contributed by atoms with E-state index in [0.29, 0.717) is 5.69 Å². The van der Waals surface area contributed by atoms with Gasteiger partial charge in [-0.05, 0) is 12.5 Å². The first-order valence-electron chi connectivity index (χ1n) is 5.24. The lowest BCUT2D eigenvalue weighted by Gasteiger charge is -2.20. The van der Waals surface area contributed by atoms with Crippen LogP contribution in [0.5, 0.6) is 0 Å². The van der Waals surface area contributed by atoms with E-state index < -0.39 is 0 Å². The largest absolute Gasteiger partial charge is 0.396 e. The summed E-state index contributed by atoms with van der Waals surface area (Å²) in [6.07, 6.45) is 4.47. The molecule has 0 amide bonds. The molecule has 15 heavy (non-hydrogen) atoms. The van der Waals surface area contributed by atoms with E-state index in [0.717, 1.165) is 31.9 Å². The maximum absolute atomic E-state index is 5.81. The highest BCUT2D eigenvalue weighted by Crippen LogP contribution is 2.19. The number of hydrogen-bond donors (Lipinski definition) is 1. The molecule has 4 heteroatoms. The first-order chi connectivity index (χ1) is 7.25. The van der Waals surface area contributed by atoms with Crippen LogP contribution in [0, 0.1) is 0 Å². The van der Waals surface area contributed by atoms with Crippen LogP contribution in [0.15, 0.2) is 18.5 Å². The molecule has 2 N–H and O–H groups in total. The van der Waals surface area contributed by atoms with E-state index in [9.17, 15) is 0 Å². The summed E-state index contributed by atoms with van der Waals surface area (Å²) in [6, 6.07) is 1.91. The molecular formula is C11H19N3O. The highest BCUT2D eigenvalue weighted by molar-refractivity contribution is 5.65. The minimum absolute atomic E-state index is 0.704. The van der Waals surface area contributed by atoms with Crippen LogP contribution in [0.2, 0.25) is 0 Å². The molecule has 0 bridgehead atoms. The fraction of sp³-hybridized carbons (Fsp3) is 0.545. The summed E-state index contributed by atoms with van der Waals surface area (Å²) in [7, 11) is 2.00. The minimum Gasteiger partial charge on any atom is -0.396 e. The van der Waals surface area contributed by atoms with E-state index in [-0.39, 0.29) is 0 Å². The third-order valence-corrected chi connectivity index (χ3v) is 2.16. The number of rotatable bonds is 6. The summed E-state index contributed by atoms with van der Waals surface area (Å²) in [4.78, 5) is 6.03. The Labute approximate surface area is 91.1 Å². The first-order valence-corrected chi connectivity index (χ1v) is 5.24.